The molecular formula is C12H14BrCl2NO2S. The van der Waals surface area contributed by atoms with E-state index in [4.69, 9.17) is 23.2 Å². The number of benzene rings is 1. The third kappa shape index (κ3) is 3.27. The molecule has 1 aromatic rings. The Hall–Kier alpha value is 0.190. The first kappa shape index (κ1) is 15.6. The molecule has 0 saturated carbocycles. The van der Waals surface area contributed by atoms with E-state index >= 15 is 0 Å². The summed E-state index contributed by atoms with van der Waals surface area (Å²) in [5.41, 5.74) is 0. The van der Waals surface area contributed by atoms with Gasteiger partial charge in [-0.05, 0) is 46.8 Å². The summed E-state index contributed by atoms with van der Waals surface area (Å²) in [7, 11) is -3.57. The Balaban J connectivity index is 2.42. The number of nitrogens with zero attached hydrogens (tertiary/aromatic N) is 1. The normalized spacial score (nSPS) is 21.6. The van der Waals surface area contributed by atoms with Crippen molar-refractivity contribution in [2.24, 2.45) is 5.92 Å². The number of sulfonamides is 1. The Kier molecular flexibility index (Phi) is 4.83. The molecule has 1 aromatic carbocycles. The molecule has 1 heterocycles. The molecule has 1 fully saturated rings. The van der Waals surface area contributed by atoms with Crippen LogP contribution in [-0.2, 0) is 10.0 Å². The third-order valence-electron chi connectivity index (χ3n) is 3.21. The zero-order valence-electron chi connectivity index (χ0n) is 10.4. The fraction of sp³-hybridized carbons (Fsp3) is 0.500. The van der Waals surface area contributed by atoms with Crippen molar-refractivity contribution >= 4 is 49.2 Å². The molecule has 1 aliphatic rings. The highest BCUT2D eigenvalue weighted by molar-refractivity contribution is 9.10. The molecule has 0 radical (unpaired) electrons. The predicted octanol–water partition coefficient (Wildman–Crippen LogP) is 4.18. The maximum atomic E-state index is 12.6. The van der Waals surface area contributed by atoms with Crippen LogP contribution in [0.25, 0.3) is 0 Å². The van der Waals surface area contributed by atoms with Gasteiger partial charge in [0.25, 0.3) is 0 Å². The van der Waals surface area contributed by atoms with E-state index in [2.05, 4.69) is 22.9 Å². The highest BCUT2D eigenvalue weighted by atomic mass is 79.9. The SMILES string of the molecule is CC1CCCN(S(=O)(=O)c2cc(Cl)c(Br)cc2Cl)C1. The molecule has 1 saturated heterocycles. The Morgan fingerprint density at radius 2 is 2.00 bits per heavy atom. The van der Waals surface area contributed by atoms with Crippen LogP contribution in [-0.4, -0.2) is 25.8 Å². The maximum Gasteiger partial charge on any atom is 0.244 e. The lowest BCUT2D eigenvalue weighted by atomic mass is 10.0. The summed E-state index contributed by atoms with van der Waals surface area (Å²) in [6, 6.07) is 2.92. The Bertz CT molecular complexity index is 592. The maximum absolute atomic E-state index is 12.6. The van der Waals surface area contributed by atoms with E-state index in [1.807, 2.05) is 0 Å². The second-order valence-electron chi connectivity index (χ2n) is 4.81. The van der Waals surface area contributed by atoms with E-state index in [0.717, 1.165) is 12.8 Å². The van der Waals surface area contributed by atoms with Crippen molar-refractivity contribution in [1.29, 1.82) is 0 Å². The molecule has 0 aliphatic carbocycles. The first-order valence-corrected chi connectivity index (χ1v) is 8.96. The number of rotatable bonds is 2. The molecule has 2 rings (SSSR count). The van der Waals surface area contributed by atoms with E-state index in [9.17, 15) is 8.42 Å². The Labute approximate surface area is 132 Å². The van der Waals surface area contributed by atoms with E-state index < -0.39 is 10.0 Å². The fourth-order valence-electron chi connectivity index (χ4n) is 2.21. The molecule has 19 heavy (non-hydrogen) atoms. The molecule has 3 nitrogen and oxygen atoms in total. The topological polar surface area (TPSA) is 37.4 Å². The van der Waals surface area contributed by atoms with Crippen molar-refractivity contribution in [2.75, 3.05) is 13.1 Å². The summed E-state index contributed by atoms with van der Waals surface area (Å²) < 4.78 is 27.3. The number of hydrogen-bond donors (Lipinski definition) is 0. The minimum atomic E-state index is -3.57. The number of hydrogen-bond acceptors (Lipinski definition) is 2. The van der Waals surface area contributed by atoms with Gasteiger partial charge in [0.2, 0.25) is 10.0 Å². The van der Waals surface area contributed by atoms with Gasteiger partial charge in [0.15, 0.2) is 0 Å². The largest absolute Gasteiger partial charge is 0.244 e. The van der Waals surface area contributed by atoms with Crippen molar-refractivity contribution in [3.63, 3.8) is 0 Å². The van der Waals surface area contributed by atoms with Crippen LogP contribution < -0.4 is 0 Å². The average Bonchev–Trinajstić information content (AvgIpc) is 2.33. The van der Waals surface area contributed by atoms with Crippen molar-refractivity contribution < 1.29 is 8.42 Å². The summed E-state index contributed by atoms with van der Waals surface area (Å²) in [6.45, 7) is 3.13. The molecule has 106 valence electrons. The summed E-state index contributed by atoms with van der Waals surface area (Å²) in [4.78, 5) is 0.0801. The van der Waals surface area contributed by atoms with Gasteiger partial charge in [0.1, 0.15) is 4.90 Å². The van der Waals surface area contributed by atoms with Gasteiger partial charge in [-0.25, -0.2) is 8.42 Å². The standard InChI is InChI=1S/C12H14BrCl2NO2S/c1-8-3-2-4-16(7-8)19(17,18)12-6-10(14)9(13)5-11(12)15/h5-6,8H,2-4,7H2,1H3. The van der Waals surface area contributed by atoms with E-state index in [1.165, 1.54) is 16.4 Å². The highest BCUT2D eigenvalue weighted by Crippen LogP contribution is 2.34. The van der Waals surface area contributed by atoms with E-state index in [1.54, 1.807) is 0 Å². The van der Waals surface area contributed by atoms with E-state index in [0.29, 0.717) is 28.5 Å². The molecule has 0 spiro atoms. The number of piperidine rings is 1. The second-order valence-corrected chi connectivity index (χ2v) is 8.38. The molecule has 1 aliphatic heterocycles. The van der Waals surface area contributed by atoms with Gasteiger partial charge < -0.3 is 0 Å². The zero-order chi connectivity index (χ0) is 14.2. The van der Waals surface area contributed by atoms with Gasteiger partial charge in [-0.2, -0.15) is 4.31 Å². The Morgan fingerprint density at radius 3 is 2.63 bits per heavy atom. The van der Waals surface area contributed by atoms with Crippen LogP contribution in [0.4, 0.5) is 0 Å². The van der Waals surface area contributed by atoms with Crippen LogP contribution in [0.1, 0.15) is 19.8 Å². The van der Waals surface area contributed by atoms with Gasteiger partial charge in [0, 0.05) is 17.6 Å². The lowest BCUT2D eigenvalue weighted by Crippen LogP contribution is -2.39. The summed E-state index contributed by atoms with van der Waals surface area (Å²) >= 11 is 15.2. The lowest BCUT2D eigenvalue weighted by Gasteiger charge is -2.30. The van der Waals surface area contributed by atoms with Gasteiger partial charge in [-0.15, -0.1) is 0 Å². The van der Waals surface area contributed by atoms with Crippen LogP contribution in [0.15, 0.2) is 21.5 Å². The van der Waals surface area contributed by atoms with Crippen molar-refractivity contribution in [3.8, 4) is 0 Å². The van der Waals surface area contributed by atoms with Crippen LogP contribution >= 0.6 is 39.1 Å². The quantitative estimate of drug-likeness (QED) is 0.715. The minimum absolute atomic E-state index is 0.0801. The lowest BCUT2D eigenvalue weighted by molar-refractivity contribution is 0.281. The van der Waals surface area contributed by atoms with Crippen molar-refractivity contribution in [2.45, 2.75) is 24.7 Å². The number of halogens is 3. The van der Waals surface area contributed by atoms with Gasteiger partial charge in [0.05, 0.1) is 10.0 Å². The van der Waals surface area contributed by atoms with Gasteiger partial charge in [-0.1, -0.05) is 30.1 Å². The van der Waals surface area contributed by atoms with Gasteiger partial charge >= 0.3 is 0 Å². The van der Waals surface area contributed by atoms with Crippen molar-refractivity contribution in [3.05, 3.63) is 26.7 Å². The second kappa shape index (κ2) is 5.90. The fourth-order valence-corrected chi connectivity index (χ4v) is 5.04. The van der Waals surface area contributed by atoms with E-state index in [-0.39, 0.29) is 9.92 Å². The van der Waals surface area contributed by atoms with Crippen LogP contribution in [0.3, 0.4) is 0 Å². The van der Waals surface area contributed by atoms with Crippen LogP contribution in [0.2, 0.25) is 10.0 Å². The first-order chi connectivity index (χ1) is 8.82. The molecule has 0 amide bonds. The van der Waals surface area contributed by atoms with Crippen LogP contribution in [0, 0.1) is 5.92 Å². The Morgan fingerprint density at radius 1 is 1.32 bits per heavy atom. The molecule has 7 heteroatoms. The first-order valence-electron chi connectivity index (χ1n) is 5.97. The summed E-state index contributed by atoms with van der Waals surface area (Å²) in [6.07, 6.45) is 1.93. The molecular weight excluding hydrogens is 373 g/mol. The summed E-state index contributed by atoms with van der Waals surface area (Å²) in [5, 5.41) is 0.530. The molecule has 0 aromatic heterocycles. The molecule has 1 unspecified atom stereocenters. The third-order valence-corrected chi connectivity index (χ3v) is 6.74. The highest BCUT2D eigenvalue weighted by Gasteiger charge is 2.30. The molecule has 0 N–H and O–H groups in total. The minimum Gasteiger partial charge on any atom is -0.207 e. The van der Waals surface area contributed by atoms with Crippen molar-refractivity contribution in [1.82, 2.24) is 4.31 Å². The smallest absolute Gasteiger partial charge is 0.207 e. The average molecular weight is 387 g/mol. The molecule has 0 bridgehead atoms. The monoisotopic (exact) mass is 385 g/mol. The summed E-state index contributed by atoms with van der Waals surface area (Å²) in [5.74, 6) is 0.369. The zero-order valence-corrected chi connectivity index (χ0v) is 14.3. The predicted molar refractivity (Wildman–Crippen MR) is 81.3 cm³/mol. The van der Waals surface area contributed by atoms with Gasteiger partial charge in [-0.3, -0.25) is 0 Å². The van der Waals surface area contributed by atoms with Crippen LogP contribution in [0.5, 0.6) is 0 Å². The molecule has 1 atom stereocenters.